The Balaban J connectivity index is 0.00000169. The van der Waals surface area contributed by atoms with Crippen LogP contribution in [0.5, 0.6) is 0 Å². The van der Waals surface area contributed by atoms with Gasteiger partial charge in [0.25, 0.3) is 0 Å². The van der Waals surface area contributed by atoms with Gasteiger partial charge >= 0.3 is 0 Å². The molecular weight excluding hydrogens is 373 g/mol. The van der Waals surface area contributed by atoms with E-state index >= 15 is 0 Å². The topological polar surface area (TPSA) is 53.4 Å². The van der Waals surface area contributed by atoms with E-state index in [9.17, 15) is 4.79 Å². The van der Waals surface area contributed by atoms with Crippen LogP contribution < -0.4 is 5.32 Å². The molecule has 1 aromatic heterocycles. The zero-order chi connectivity index (χ0) is 16.9. The maximum atomic E-state index is 12.5. The Hall–Kier alpha value is -0.820. The largest absolute Gasteiger partial charge is 0.341 e. The van der Waals surface area contributed by atoms with Crippen molar-refractivity contribution in [3.8, 4) is 0 Å². The Kier molecular flexibility index (Phi) is 9.93. The monoisotopic (exact) mass is 405 g/mol. The third-order valence-electron chi connectivity index (χ3n) is 5.28. The minimum atomic E-state index is 0. The average molecular weight is 406 g/mol. The number of rotatable bonds is 6. The molecule has 0 bridgehead atoms. The molecule has 0 unspecified atom stereocenters. The highest BCUT2D eigenvalue weighted by atomic mass is 35.5. The van der Waals surface area contributed by atoms with Gasteiger partial charge in [0, 0.05) is 37.9 Å². The maximum absolute atomic E-state index is 12.5. The van der Waals surface area contributed by atoms with E-state index in [1.807, 2.05) is 6.20 Å². The number of likely N-dealkylation sites (tertiary alicyclic amines) is 1. The molecule has 2 aliphatic rings. The van der Waals surface area contributed by atoms with Crippen molar-refractivity contribution < 1.29 is 4.79 Å². The van der Waals surface area contributed by atoms with Crippen molar-refractivity contribution in [3.63, 3.8) is 0 Å². The van der Waals surface area contributed by atoms with Gasteiger partial charge in [0.1, 0.15) is 5.82 Å². The Morgan fingerprint density at radius 1 is 1.27 bits per heavy atom. The van der Waals surface area contributed by atoms with Crippen LogP contribution in [0.15, 0.2) is 12.4 Å². The van der Waals surface area contributed by atoms with Gasteiger partial charge in [-0.3, -0.25) is 4.79 Å². The van der Waals surface area contributed by atoms with Crippen LogP contribution in [0, 0.1) is 0 Å². The van der Waals surface area contributed by atoms with Crippen molar-refractivity contribution in [3.05, 3.63) is 18.2 Å². The fourth-order valence-corrected chi connectivity index (χ4v) is 3.90. The number of nitrogens with zero attached hydrogens (tertiary/aromatic N) is 4. The van der Waals surface area contributed by atoms with Crippen molar-refractivity contribution in [2.24, 2.45) is 0 Å². The lowest BCUT2D eigenvalue weighted by Crippen LogP contribution is -2.46. The zero-order valence-electron chi connectivity index (χ0n) is 15.9. The Labute approximate surface area is 169 Å². The molecule has 8 heteroatoms. The molecule has 26 heavy (non-hydrogen) atoms. The number of nitrogens with one attached hydrogen (secondary N) is 1. The average Bonchev–Trinajstić information content (AvgIpc) is 3.26. The van der Waals surface area contributed by atoms with E-state index in [-0.39, 0.29) is 30.9 Å². The van der Waals surface area contributed by atoms with Gasteiger partial charge < -0.3 is 19.7 Å². The molecule has 0 aliphatic carbocycles. The number of halogens is 2. The molecule has 6 nitrogen and oxygen atoms in total. The van der Waals surface area contributed by atoms with Crippen LogP contribution in [0.25, 0.3) is 0 Å². The number of hydrogen-bond acceptors (Lipinski definition) is 4. The van der Waals surface area contributed by atoms with E-state index < -0.39 is 0 Å². The van der Waals surface area contributed by atoms with Crippen LogP contribution in [-0.4, -0.2) is 71.6 Å². The first-order chi connectivity index (χ1) is 11.6. The second-order valence-corrected chi connectivity index (χ2v) is 7.38. The van der Waals surface area contributed by atoms with Crippen LogP contribution in [0.3, 0.4) is 0 Å². The van der Waals surface area contributed by atoms with Crippen LogP contribution in [0.2, 0.25) is 0 Å². The van der Waals surface area contributed by atoms with E-state index in [4.69, 9.17) is 0 Å². The summed E-state index contributed by atoms with van der Waals surface area (Å²) in [5.41, 5.74) is 0. The second kappa shape index (κ2) is 11.1. The normalized spacial score (nSPS) is 20.7. The van der Waals surface area contributed by atoms with Crippen molar-refractivity contribution in [2.45, 2.75) is 50.6 Å². The Bertz CT molecular complexity index is 537. The van der Waals surface area contributed by atoms with E-state index in [0.29, 0.717) is 11.8 Å². The lowest BCUT2D eigenvalue weighted by molar-refractivity contribution is -0.134. The van der Waals surface area contributed by atoms with Gasteiger partial charge in [0.15, 0.2) is 0 Å². The number of aromatic nitrogens is 2. The predicted octanol–water partition coefficient (Wildman–Crippen LogP) is 2.14. The number of piperidine rings is 1. The van der Waals surface area contributed by atoms with Gasteiger partial charge in [-0.1, -0.05) is 0 Å². The third kappa shape index (κ3) is 5.84. The molecule has 1 amide bonds. The summed E-state index contributed by atoms with van der Waals surface area (Å²) in [7, 11) is 4.22. The molecule has 0 radical (unpaired) electrons. The second-order valence-electron chi connectivity index (χ2n) is 7.38. The molecule has 0 aromatic carbocycles. The molecule has 150 valence electrons. The van der Waals surface area contributed by atoms with Crippen molar-refractivity contribution >= 4 is 30.7 Å². The molecule has 3 heterocycles. The standard InChI is InChI=1S/C18H31N5O.2ClH/c1-21(2)10-4-11-22-14-9-20-17(22)15-6-12-23(13-7-15)18(24)16-5-3-8-19-16;;/h9,14-16,19H,3-8,10-13H2,1-2H3;2*1H/t16-;;/m0../s1. The molecule has 1 atom stereocenters. The highest BCUT2D eigenvalue weighted by Gasteiger charge is 2.31. The highest BCUT2D eigenvalue weighted by molar-refractivity contribution is 5.85. The summed E-state index contributed by atoms with van der Waals surface area (Å²) < 4.78 is 2.31. The third-order valence-corrected chi connectivity index (χ3v) is 5.28. The van der Waals surface area contributed by atoms with Gasteiger partial charge in [0.2, 0.25) is 5.91 Å². The van der Waals surface area contributed by atoms with Gasteiger partial charge in [-0.05, 0) is 59.3 Å². The summed E-state index contributed by atoms with van der Waals surface area (Å²) >= 11 is 0. The number of imidazole rings is 1. The number of aryl methyl sites for hydroxylation is 1. The summed E-state index contributed by atoms with van der Waals surface area (Å²) in [4.78, 5) is 21.4. The first-order valence-corrected chi connectivity index (χ1v) is 9.33. The smallest absolute Gasteiger partial charge is 0.239 e. The SMILES string of the molecule is CN(C)CCCn1ccnc1C1CCN(C(=O)[C@@H]2CCCN2)CC1.Cl.Cl. The van der Waals surface area contributed by atoms with Crippen molar-refractivity contribution in [1.29, 1.82) is 0 Å². The number of carbonyl (C=O) groups excluding carboxylic acids is 1. The summed E-state index contributed by atoms with van der Waals surface area (Å²) in [5, 5.41) is 3.32. The number of amides is 1. The van der Waals surface area contributed by atoms with Crippen LogP contribution >= 0.6 is 24.8 Å². The zero-order valence-corrected chi connectivity index (χ0v) is 17.5. The van der Waals surface area contributed by atoms with Crippen LogP contribution in [0.4, 0.5) is 0 Å². The maximum Gasteiger partial charge on any atom is 0.239 e. The molecule has 1 N–H and O–H groups in total. The summed E-state index contributed by atoms with van der Waals surface area (Å²) in [6, 6.07) is 0.0644. The molecule has 0 spiro atoms. The molecule has 2 aliphatic heterocycles. The lowest BCUT2D eigenvalue weighted by atomic mass is 9.95. The van der Waals surface area contributed by atoms with Crippen molar-refractivity contribution in [2.75, 3.05) is 40.3 Å². The van der Waals surface area contributed by atoms with Gasteiger partial charge in [-0.15, -0.1) is 24.8 Å². The molecular formula is C18H33Cl2N5O. The quantitative estimate of drug-likeness (QED) is 0.787. The fraction of sp³-hybridized carbons (Fsp3) is 0.778. The molecule has 2 saturated heterocycles. The summed E-state index contributed by atoms with van der Waals surface area (Å²) in [6.07, 6.45) is 9.34. The fourth-order valence-electron chi connectivity index (χ4n) is 3.90. The molecule has 2 fully saturated rings. The van der Waals surface area contributed by atoms with Crippen LogP contribution in [0.1, 0.15) is 43.8 Å². The minimum Gasteiger partial charge on any atom is -0.341 e. The summed E-state index contributed by atoms with van der Waals surface area (Å²) in [5.74, 6) is 2.00. The van der Waals surface area contributed by atoms with E-state index in [2.05, 4.69) is 45.0 Å². The Morgan fingerprint density at radius 2 is 2.00 bits per heavy atom. The summed E-state index contributed by atoms with van der Waals surface area (Å²) in [6.45, 7) is 4.84. The predicted molar refractivity (Wildman–Crippen MR) is 109 cm³/mol. The number of carbonyl (C=O) groups is 1. The van der Waals surface area contributed by atoms with Gasteiger partial charge in [-0.2, -0.15) is 0 Å². The van der Waals surface area contributed by atoms with E-state index in [1.54, 1.807) is 0 Å². The molecule has 1 aromatic rings. The van der Waals surface area contributed by atoms with Crippen LogP contribution in [-0.2, 0) is 11.3 Å². The minimum absolute atomic E-state index is 0. The van der Waals surface area contributed by atoms with E-state index in [0.717, 1.165) is 64.8 Å². The first kappa shape index (κ1) is 23.2. The molecule has 0 saturated carbocycles. The number of hydrogen-bond donors (Lipinski definition) is 1. The van der Waals surface area contributed by atoms with Gasteiger partial charge in [0.05, 0.1) is 6.04 Å². The van der Waals surface area contributed by atoms with Gasteiger partial charge in [-0.25, -0.2) is 4.98 Å². The van der Waals surface area contributed by atoms with Crippen molar-refractivity contribution in [1.82, 2.24) is 24.7 Å². The van der Waals surface area contributed by atoms with E-state index in [1.165, 1.54) is 5.82 Å². The lowest BCUT2D eigenvalue weighted by Gasteiger charge is -2.33. The highest BCUT2D eigenvalue weighted by Crippen LogP contribution is 2.27. The molecule has 3 rings (SSSR count). The Morgan fingerprint density at radius 3 is 2.62 bits per heavy atom. The first-order valence-electron chi connectivity index (χ1n) is 9.33.